The minimum absolute atomic E-state index is 0.525. The van der Waals surface area contributed by atoms with Gasteiger partial charge in [-0.05, 0) is 13.0 Å². The van der Waals surface area contributed by atoms with E-state index >= 15 is 0 Å². The number of hydrogen-bond donors (Lipinski definition) is 0. The Kier molecular flexibility index (Phi) is 3.24. The molecule has 2 rings (SSSR count). The number of nitriles is 1. The Morgan fingerprint density at radius 2 is 2.14 bits per heavy atom. The summed E-state index contributed by atoms with van der Waals surface area (Å²) in [6.07, 6.45) is 3.27. The maximum atomic E-state index is 8.78. The van der Waals surface area contributed by atoms with Gasteiger partial charge in [0, 0.05) is 11.6 Å². The Balaban J connectivity index is 0.000000461. The summed E-state index contributed by atoms with van der Waals surface area (Å²) in [4.78, 5) is 4.07. The lowest BCUT2D eigenvalue weighted by Crippen LogP contribution is -1.86. The minimum atomic E-state index is 0.525. The average Bonchev–Trinajstić information content (AvgIpc) is 2.69. The molecule has 0 unspecified atom stereocenters. The van der Waals surface area contributed by atoms with E-state index in [9.17, 15) is 0 Å². The number of hydrogen-bond acceptors (Lipinski definition) is 3. The van der Waals surface area contributed by atoms with E-state index in [2.05, 4.69) is 11.1 Å². The summed E-state index contributed by atoms with van der Waals surface area (Å²) in [6.45, 7) is 5.79. The molecule has 3 heteroatoms. The molecule has 0 saturated carbocycles. The summed E-state index contributed by atoms with van der Waals surface area (Å²) >= 11 is 0. The normalized spacial score (nSPS) is 9.00. The van der Waals surface area contributed by atoms with Gasteiger partial charge >= 0.3 is 0 Å². The summed E-state index contributed by atoms with van der Waals surface area (Å²) in [6, 6.07) is 3.86. The number of rotatable bonds is 0. The van der Waals surface area contributed by atoms with E-state index in [0.717, 1.165) is 5.39 Å². The highest BCUT2D eigenvalue weighted by molar-refractivity contribution is 5.82. The molecule has 3 nitrogen and oxygen atoms in total. The number of furan rings is 1. The van der Waals surface area contributed by atoms with Crippen molar-refractivity contribution in [2.75, 3.05) is 0 Å². The van der Waals surface area contributed by atoms with Gasteiger partial charge in [-0.2, -0.15) is 5.26 Å². The van der Waals surface area contributed by atoms with Crippen LogP contribution < -0.4 is 0 Å². The van der Waals surface area contributed by atoms with Crippen molar-refractivity contribution < 1.29 is 4.42 Å². The van der Waals surface area contributed by atoms with E-state index in [0.29, 0.717) is 16.8 Å². The fraction of sp³-hybridized carbons (Fsp3) is 0.273. The van der Waals surface area contributed by atoms with Gasteiger partial charge in [0.05, 0.1) is 12.0 Å². The maximum Gasteiger partial charge on any atom is 0.155 e. The Labute approximate surface area is 83.0 Å². The van der Waals surface area contributed by atoms with Crippen molar-refractivity contribution in [2.24, 2.45) is 0 Å². The van der Waals surface area contributed by atoms with Gasteiger partial charge in [-0.1, -0.05) is 13.8 Å². The molecule has 2 aromatic heterocycles. The van der Waals surface area contributed by atoms with Crippen LogP contribution in [0.4, 0.5) is 0 Å². The fourth-order valence-corrected chi connectivity index (χ4v) is 1.15. The molecule has 0 bridgehead atoms. The standard InChI is InChI=1S/C9H6N2O.C2H6/c1-6-8(4-10)9-7(5-11-6)2-3-12-9;1-2/h2-3,5H,1H3;1-2H3. The van der Waals surface area contributed by atoms with Crippen LogP contribution in [0, 0.1) is 18.3 Å². The Morgan fingerprint density at radius 1 is 1.43 bits per heavy atom. The monoisotopic (exact) mass is 188 g/mol. The van der Waals surface area contributed by atoms with Crippen molar-refractivity contribution >= 4 is 11.0 Å². The zero-order chi connectivity index (χ0) is 10.6. The third-order valence-electron chi connectivity index (χ3n) is 1.79. The van der Waals surface area contributed by atoms with Crippen LogP contribution in [-0.4, -0.2) is 4.98 Å². The van der Waals surface area contributed by atoms with Crippen molar-refractivity contribution in [3.05, 3.63) is 29.8 Å². The van der Waals surface area contributed by atoms with Gasteiger partial charge in [0.25, 0.3) is 0 Å². The molecule has 0 aliphatic carbocycles. The molecule has 0 atom stereocenters. The molecule has 0 N–H and O–H groups in total. The average molecular weight is 188 g/mol. The maximum absolute atomic E-state index is 8.78. The number of nitrogens with zero attached hydrogens (tertiary/aromatic N) is 2. The predicted molar refractivity (Wildman–Crippen MR) is 54.8 cm³/mol. The van der Waals surface area contributed by atoms with Crippen LogP contribution in [0.5, 0.6) is 0 Å². The van der Waals surface area contributed by atoms with E-state index in [1.165, 1.54) is 0 Å². The first-order valence-electron chi connectivity index (χ1n) is 4.56. The smallest absolute Gasteiger partial charge is 0.155 e. The number of fused-ring (bicyclic) bond motifs is 1. The summed E-state index contributed by atoms with van der Waals surface area (Å²) in [5.74, 6) is 0. The first-order valence-corrected chi connectivity index (χ1v) is 4.56. The van der Waals surface area contributed by atoms with Gasteiger partial charge in [0.15, 0.2) is 5.58 Å². The third-order valence-corrected chi connectivity index (χ3v) is 1.79. The SMILES string of the molecule is CC.Cc1ncc2ccoc2c1C#N. The van der Waals surface area contributed by atoms with E-state index < -0.39 is 0 Å². The van der Waals surface area contributed by atoms with Crippen LogP contribution >= 0.6 is 0 Å². The summed E-state index contributed by atoms with van der Waals surface area (Å²) in [7, 11) is 0. The molecule has 0 saturated heterocycles. The number of pyridine rings is 1. The Bertz CT molecular complexity index is 466. The molecule has 72 valence electrons. The molecule has 0 amide bonds. The molecule has 0 radical (unpaired) electrons. The van der Waals surface area contributed by atoms with Crippen LogP contribution in [0.3, 0.4) is 0 Å². The lowest BCUT2D eigenvalue weighted by molar-refractivity contribution is 0.614. The van der Waals surface area contributed by atoms with Crippen LogP contribution in [0.2, 0.25) is 0 Å². The highest BCUT2D eigenvalue weighted by Gasteiger charge is 2.06. The van der Waals surface area contributed by atoms with Crippen LogP contribution in [0.15, 0.2) is 22.9 Å². The van der Waals surface area contributed by atoms with Gasteiger partial charge in [0.2, 0.25) is 0 Å². The predicted octanol–water partition coefficient (Wildman–Crippen LogP) is 3.03. The molecule has 2 aromatic rings. The Morgan fingerprint density at radius 3 is 2.79 bits per heavy atom. The van der Waals surface area contributed by atoms with Crippen molar-refractivity contribution in [3.63, 3.8) is 0 Å². The molecule has 2 heterocycles. The quantitative estimate of drug-likeness (QED) is 0.638. The summed E-state index contributed by atoms with van der Waals surface area (Å²) in [5, 5.41) is 9.66. The van der Waals surface area contributed by atoms with Gasteiger partial charge < -0.3 is 4.42 Å². The number of aryl methyl sites for hydroxylation is 1. The van der Waals surface area contributed by atoms with E-state index in [4.69, 9.17) is 9.68 Å². The molecule has 0 aliphatic rings. The van der Waals surface area contributed by atoms with E-state index in [1.54, 1.807) is 25.5 Å². The van der Waals surface area contributed by atoms with E-state index in [1.807, 2.05) is 13.8 Å². The first-order chi connectivity index (χ1) is 6.83. The lowest BCUT2D eigenvalue weighted by atomic mass is 10.2. The van der Waals surface area contributed by atoms with Gasteiger partial charge in [-0.3, -0.25) is 4.98 Å². The largest absolute Gasteiger partial charge is 0.463 e. The fourth-order valence-electron chi connectivity index (χ4n) is 1.15. The topological polar surface area (TPSA) is 49.8 Å². The Hall–Kier alpha value is -1.82. The molecule has 0 aliphatic heterocycles. The minimum Gasteiger partial charge on any atom is -0.463 e. The zero-order valence-corrected chi connectivity index (χ0v) is 8.53. The van der Waals surface area contributed by atoms with Crippen molar-refractivity contribution in [1.82, 2.24) is 4.98 Å². The van der Waals surface area contributed by atoms with Crippen LogP contribution in [0.1, 0.15) is 25.1 Å². The molecule has 0 aromatic carbocycles. The second-order valence-corrected chi connectivity index (χ2v) is 2.54. The lowest BCUT2D eigenvalue weighted by Gasteiger charge is -1.94. The molecular weight excluding hydrogens is 176 g/mol. The van der Waals surface area contributed by atoms with Gasteiger partial charge in [0.1, 0.15) is 11.6 Å². The molecule has 0 spiro atoms. The van der Waals surface area contributed by atoms with Crippen molar-refractivity contribution in [2.45, 2.75) is 20.8 Å². The highest BCUT2D eigenvalue weighted by Crippen LogP contribution is 2.19. The first kappa shape index (κ1) is 10.3. The van der Waals surface area contributed by atoms with Crippen molar-refractivity contribution in [3.8, 4) is 6.07 Å². The third kappa shape index (κ3) is 1.60. The molecule has 14 heavy (non-hydrogen) atoms. The van der Waals surface area contributed by atoms with Crippen LogP contribution in [-0.2, 0) is 0 Å². The number of aromatic nitrogens is 1. The summed E-state index contributed by atoms with van der Waals surface area (Å²) < 4.78 is 5.16. The molecule has 0 fully saturated rings. The van der Waals surface area contributed by atoms with Gasteiger partial charge in [-0.15, -0.1) is 0 Å². The van der Waals surface area contributed by atoms with Crippen LogP contribution in [0.25, 0.3) is 11.0 Å². The second-order valence-electron chi connectivity index (χ2n) is 2.54. The summed E-state index contributed by atoms with van der Waals surface area (Å²) in [5.41, 5.74) is 1.86. The zero-order valence-electron chi connectivity index (χ0n) is 8.53. The second kappa shape index (κ2) is 4.43. The van der Waals surface area contributed by atoms with Gasteiger partial charge in [-0.25, -0.2) is 0 Å². The molecular formula is C11H12N2O. The van der Waals surface area contributed by atoms with E-state index in [-0.39, 0.29) is 0 Å². The highest BCUT2D eigenvalue weighted by atomic mass is 16.3. The van der Waals surface area contributed by atoms with Crippen molar-refractivity contribution in [1.29, 1.82) is 5.26 Å².